The van der Waals surface area contributed by atoms with E-state index in [0.29, 0.717) is 5.92 Å². The molecule has 2 aromatic rings. The van der Waals surface area contributed by atoms with Gasteiger partial charge >= 0.3 is 0 Å². The summed E-state index contributed by atoms with van der Waals surface area (Å²) in [6, 6.07) is 16.3. The summed E-state index contributed by atoms with van der Waals surface area (Å²) in [7, 11) is 0. The maximum atomic E-state index is 2.47. The maximum Gasteiger partial charge on any atom is -0.0129 e. The highest BCUT2D eigenvalue weighted by molar-refractivity contribution is 5.42. The Labute approximate surface area is 168 Å². The van der Waals surface area contributed by atoms with Crippen LogP contribution >= 0.6 is 0 Å². The molecule has 0 amide bonds. The van der Waals surface area contributed by atoms with Crippen molar-refractivity contribution in [2.45, 2.75) is 97.8 Å². The number of hydrogen-bond acceptors (Lipinski definition) is 0. The van der Waals surface area contributed by atoms with E-state index in [9.17, 15) is 0 Å². The van der Waals surface area contributed by atoms with Crippen molar-refractivity contribution in [1.29, 1.82) is 0 Å². The van der Waals surface area contributed by atoms with Gasteiger partial charge in [0, 0.05) is 0 Å². The molecule has 1 atom stereocenters. The third-order valence-corrected chi connectivity index (χ3v) is 5.59. The summed E-state index contributed by atoms with van der Waals surface area (Å²) in [6.45, 7) is 23.2. The molecule has 0 N–H and O–H groups in total. The lowest BCUT2D eigenvalue weighted by Crippen LogP contribution is -2.19. The molecule has 0 aliphatic carbocycles. The van der Waals surface area contributed by atoms with E-state index in [1.54, 1.807) is 0 Å². The van der Waals surface area contributed by atoms with Crippen LogP contribution in [-0.4, -0.2) is 0 Å². The molecule has 0 heteroatoms. The van der Waals surface area contributed by atoms with Gasteiger partial charge in [-0.25, -0.2) is 0 Å². The van der Waals surface area contributed by atoms with Crippen LogP contribution in [0.4, 0.5) is 0 Å². The van der Waals surface area contributed by atoms with E-state index < -0.39 is 0 Å². The smallest absolute Gasteiger partial charge is 0.0129 e. The van der Waals surface area contributed by atoms with Crippen molar-refractivity contribution in [1.82, 2.24) is 0 Å². The van der Waals surface area contributed by atoms with Crippen molar-refractivity contribution in [2.24, 2.45) is 0 Å². The molecule has 148 valence electrons. The van der Waals surface area contributed by atoms with Crippen molar-refractivity contribution in [2.75, 3.05) is 0 Å². The van der Waals surface area contributed by atoms with E-state index in [1.165, 1.54) is 27.8 Å². The van der Waals surface area contributed by atoms with Crippen LogP contribution in [-0.2, 0) is 22.7 Å². The van der Waals surface area contributed by atoms with E-state index in [0.717, 1.165) is 6.42 Å². The van der Waals surface area contributed by atoms with E-state index >= 15 is 0 Å². The fourth-order valence-corrected chi connectivity index (χ4v) is 3.75. The highest BCUT2D eigenvalue weighted by Crippen LogP contribution is 2.36. The van der Waals surface area contributed by atoms with Gasteiger partial charge in [0.25, 0.3) is 0 Å². The van der Waals surface area contributed by atoms with Gasteiger partial charge in [0.1, 0.15) is 0 Å². The van der Waals surface area contributed by atoms with Crippen LogP contribution in [0.2, 0.25) is 0 Å². The zero-order chi connectivity index (χ0) is 20.6. The van der Waals surface area contributed by atoms with Crippen molar-refractivity contribution in [3.63, 3.8) is 0 Å². The van der Waals surface area contributed by atoms with Crippen LogP contribution in [0.1, 0.15) is 103 Å². The molecule has 1 unspecified atom stereocenters. The van der Waals surface area contributed by atoms with Crippen LogP contribution in [0, 0.1) is 0 Å². The zero-order valence-corrected chi connectivity index (χ0v) is 19.3. The molecule has 0 aliphatic rings. The highest BCUT2D eigenvalue weighted by Gasteiger charge is 2.24. The Bertz CT molecular complexity index is 773. The lowest BCUT2D eigenvalue weighted by molar-refractivity contribution is 0.560. The van der Waals surface area contributed by atoms with Crippen molar-refractivity contribution in [3.8, 4) is 0 Å². The summed E-state index contributed by atoms with van der Waals surface area (Å²) in [4.78, 5) is 0. The van der Waals surface area contributed by atoms with Gasteiger partial charge in [0.05, 0.1) is 0 Å². The first-order valence-corrected chi connectivity index (χ1v) is 10.4. The minimum absolute atomic E-state index is 0.160. The third-order valence-electron chi connectivity index (χ3n) is 5.59. The first-order valence-electron chi connectivity index (χ1n) is 10.4. The van der Waals surface area contributed by atoms with Crippen molar-refractivity contribution < 1.29 is 0 Å². The predicted molar refractivity (Wildman–Crippen MR) is 121 cm³/mol. The van der Waals surface area contributed by atoms with E-state index in [1.807, 2.05) is 0 Å². The molecule has 0 fully saturated rings. The molecule has 0 aliphatic heterocycles. The second-order valence-corrected chi connectivity index (χ2v) is 11.4. The summed E-state index contributed by atoms with van der Waals surface area (Å²) in [5, 5.41) is 0. The fourth-order valence-electron chi connectivity index (χ4n) is 3.75. The summed E-state index contributed by atoms with van der Waals surface area (Å²) in [5.41, 5.74) is 7.82. The highest BCUT2D eigenvalue weighted by atomic mass is 14.3. The Hall–Kier alpha value is -1.56. The van der Waals surface area contributed by atoms with Crippen molar-refractivity contribution in [3.05, 3.63) is 70.3 Å². The molecule has 0 nitrogen and oxygen atoms in total. The van der Waals surface area contributed by atoms with Crippen LogP contribution < -0.4 is 0 Å². The molecule has 0 bridgehead atoms. The molecular formula is C27H40. The first kappa shape index (κ1) is 21.7. The minimum Gasteiger partial charge on any atom is -0.0617 e. The summed E-state index contributed by atoms with van der Waals surface area (Å²) in [5.74, 6) is 0.497. The lowest BCUT2D eigenvalue weighted by atomic mass is 9.75. The van der Waals surface area contributed by atoms with E-state index in [2.05, 4.69) is 112 Å². The maximum absolute atomic E-state index is 2.47. The molecule has 0 aromatic heterocycles. The quantitative estimate of drug-likeness (QED) is 0.518. The average Bonchev–Trinajstić information content (AvgIpc) is 2.52. The normalized spacial score (nSPS) is 14.3. The Morgan fingerprint density at radius 1 is 0.667 bits per heavy atom. The number of benzene rings is 2. The summed E-state index contributed by atoms with van der Waals surface area (Å²) < 4.78 is 0. The lowest BCUT2D eigenvalue weighted by Gasteiger charge is -2.29. The molecular weight excluding hydrogens is 324 g/mol. The molecule has 0 radical (unpaired) electrons. The average molecular weight is 365 g/mol. The third kappa shape index (κ3) is 5.47. The van der Waals surface area contributed by atoms with E-state index in [-0.39, 0.29) is 16.2 Å². The van der Waals surface area contributed by atoms with Gasteiger partial charge in [-0.15, -0.1) is 0 Å². The zero-order valence-electron chi connectivity index (χ0n) is 19.3. The predicted octanol–water partition coefficient (Wildman–Crippen LogP) is 7.93. The van der Waals surface area contributed by atoms with Gasteiger partial charge in [-0.3, -0.25) is 0 Å². The monoisotopic (exact) mass is 364 g/mol. The van der Waals surface area contributed by atoms with Gasteiger partial charge in [-0.2, -0.15) is 0 Å². The van der Waals surface area contributed by atoms with Crippen LogP contribution in [0.5, 0.6) is 0 Å². The van der Waals surface area contributed by atoms with Crippen LogP contribution in [0.3, 0.4) is 0 Å². The van der Waals surface area contributed by atoms with Gasteiger partial charge in [-0.05, 0) is 56.4 Å². The molecule has 0 saturated carbocycles. The number of hydrogen-bond donors (Lipinski definition) is 0. The topological polar surface area (TPSA) is 0 Å². The largest absolute Gasteiger partial charge is 0.0617 e. The SMILES string of the molecule is CC(Cc1cccc(C(C)(C)C)c1)c1cc(C(C)(C)C)ccc1C(C)(C)C. The van der Waals surface area contributed by atoms with Gasteiger partial charge in [0.2, 0.25) is 0 Å². The second-order valence-electron chi connectivity index (χ2n) is 11.4. The van der Waals surface area contributed by atoms with Crippen molar-refractivity contribution >= 4 is 0 Å². The second kappa shape index (κ2) is 7.46. The molecule has 0 saturated heterocycles. The summed E-state index contributed by atoms with van der Waals surface area (Å²) in [6.07, 6.45) is 1.08. The summed E-state index contributed by atoms with van der Waals surface area (Å²) >= 11 is 0. The van der Waals surface area contributed by atoms with Gasteiger partial charge < -0.3 is 0 Å². The van der Waals surface area contributed by atoms with Gasteiger partial charge in [0.15, 0.2) is 0 Å². The molecule has 0 heterocycles. The first-order chi connectivity index (χ1) is 12.2. The minimum atomic E-state index is 0.160. The molecule has 27 heavy (non-hydrogen) atoms. The Morgan fingerprint density at radius 3 is 1.74 bits per heavy atom. The molecule has 2 rings (SSSR count). The molecule has 2 aromatic carbocycles. The standard InChI is InChI=1S/C27H40/c1-19(16-20-12-11-13-21(17-20)25(2,3)4)23-18-22(26(5,6)7)14-15-24(23)27(8,9)10/h11-15,17-19H,16H2,1-10H3. The van der Waals surface area contributed by atoms with E-state index in [4.69, 9.17) is 0 Å². The van der Waals surface area contributed by atoms with Crippen LogP contribution in [0.25, 0.3) is 0 Å². The Balaban J connectivity index is 2.44. The fraction of sp³-hybridized carbons (Fsp3) is 0.556. The molecule has 0 spiro atoms. The van der Waals surface area contributed by atoms with Gasteiger partial charge in [-0.1, -0.05) is 112 Å². The van der Waals surface area contributed by atoms with Crippen LogP contribution in [0.15, 0.2) is 42.5 Å². The Morgan fingerprint density at radius 2 is 1.22 bits per heavy atom. The Kier molecular flexibility index (Phi) is 6.00. The number of rotatable bonds is 3.